The third kappa shape index (κ3) is 7.70. The number of aromatic nitrogens is 4. The van der Waals surface area contributed by atoms with Gasteiger partial charge < -0.3 is 0 Å². The van der Waals surface area contributed by atoms with E-state index in [4.69, 9.17) is 9.72 Å². The molecule has 0 unspecified atom stereocenters. The Balaban J connectivity index is 1.07. The molecule has 0 amide bonds. The normalized spacial score (nSPS) is 13.9. The third-order valence-electron chi connectivity index (χ3n) is 14.2. The summed E-state index contributed by atoms with van der Waals surface area (Å²) in [4.78, 5) is 5.04. The van der Waals surface area contributed by atoms with Crippen molar-refractivity contribution >= 4 is 32.8 Å². The van der Waals surface area contributed by atoms with Gasteiger partial charge in [-0.2, -0.15) is 0 Å². The number of para-hydroxylation sites is 2. The van der Waals surface area contributed by atoms with Crippen LogP contribution in [-0.2, 0) is 42.0 Å². The van der Waals surface area contributed by atoms with Crippen molar-refractivity contribution in [2.75, 3.05) is 0 Å². The average Bonchev–Trinajstić information content (AvgIpc) is 3.80. The minimum absolute atomic E-state index is 0.0235. The molecule has 0 saturated carbocycles. The number of ether oxygens (including phenoxy) is 1. The number of pyridine rings is 1. The van der Waals surface area contributed by atoms with Gasteiger partial charge in [0.05, 0.1) is 0 Å². The fourth-order valence-corrected chi connectivity index (χ4v) is 11.6. The first-order valence-electron chi connectivity index (χ1n) is 24.0. The van der Waals surface area contributed by atoms with E-state index in [1.54, 1.807) is 0 Å². The number of hydrogen-bond acceptors (Lipinski definition) is 2. The zero-order valence-electron chi connectivity index (χ0n) is 40.3. The molecule has 0 fully saturated rings. The Morgan fingerprint density at radius 1 is 0.544 bits per heavy atom. The van der Waals surface area contributed by atoms with Crippen LogP contribution in [0.15, 0.2) is 170 Å². The first-order valence-corrected chi connectivity index (χ1v) is 25.1. The summed E-state index contributed by atoms with van der Waals surface area (Å²) in [6.45, 7) is 18.5. The minimum atomic E-state index is -0.0655. The summed E-state index contributed by atoms with van der Waals surface area (Å²) in [6, 6.07) is 59.7. The molecule has 0 atom stereocenters. The van der Waals surface area contributed by atoms with Crippen LogP contribution in [0.4, 0.5) is 0 Å². The molecule has 342 valence electrons. The van der Waals surface area contributed by atoms with Crippen molar-refractivity contribution in [1.29, 1.82) is 0 Å². The molecule has 5 nitrogen and oxygen atoms in total. The Kier molecular flexibility index (Phi) is 10.7. The first kappa shape index (κ1) is 44.0. The molecule has 1 aliphatic carbocycles. The Morgan fingerprint density at radius 2 is 1.16 bits per heavy atom. The Bertz CT molecular complexity index is 3570. The van der Waals surface area contributed by atoms with Gasteiger partial charge >= 0.3 is 320 Å². The van der Waals surface area contributed by atoms with E-state index < -0.39 is 0 Å². The topological polar surface area (TPSA) is 36.9 Å². The number of hydrogen-bond donors (Lipinski definition) is 0. The van der Waals surface area contributed by atoms with Crippen LogP contribution in [-0.4, -0.2) is 18.7 Å². The first-order chi connectivity index (χ1) is 32.6. The van der Waals surface area contributed by atoms with Crippen LogP contribution in [0.3, 0.4) is 0 Å². The van der Waals surface area contributed by atoms with Gasteiger partial charge in [0, 0.05) is 6.20 Å². The van der Waals surface area contributed by atoms with Gasteiger partial charge in [-0.3, -0.25) is 0 Å². The van der Waals surface area contributed by atoms with Crippen LogP contribution in [0, 0.1) is 3.80 Å². The molecular formula is C62H58N4OPt. The fraction of sp³-hybridized carbons (Fsp3) is 0.226. The zero-order chi connectivity index (χ0) is 47.1. The van der Waals surface area contributed by atoms with E-state index in [1.807, 2.05) is 6.20 Å². The predicted octanol–water partition coefficient (Wildman–Crippen LogP) is 16.3. The third-order valence-corrected chi connectivity index (χ3v) is 15.2. The van der Waals surface area contributed by atoms with Gasteiger partial charge in [-0.1, -0.05) is 34.6 Å². The number of nitrogens with zero attached hydrogens (tertiary/aromatic N) is 4. The van der Waals surface area contributed by atoms with Crippen molar-refractivity contribution in [1.82, 2.24) is 18.7 Å². The summed E-state index contributed by atoms with van der Waals surface area (Å²) in [5.74, 6) is 2.46. The second kappa shape index (κ2) is 16.6. The second-order valence-electron chi connectivity index (χ2n) is 21.3. The van der Waals surface area contributed by atoms with Crippen LogP contribution >= 0.6 is 0 Å². The summed E-state index contributed by atoms with van der Waals surface area (Å²) in [5.41, 5.74) is 16.9. The molecule has 0 bridgehead atoms. The molecule has 0 N–H and O–H groups in total. The molecule has 0 saturated heterocycles. The van der Waals surface area contributed by atoms with Crippen molar-refractivity contribution in [2.24, 2.45) is 0 Å². The Morgan fingerprint density at radius 3 is 1.82 bits per heavy atom. The number of benzene rings is 7. The second-order valence-corrected chi connectivity index (χ2v) is 22.3. The molecule has 0 radical (unpaired) electrons. The molecule has 10 aromatic rings. The van der Waals surface area contributed by atoms with Crippen LogP contribution in [0.2, 0.25) is 0 Å². The van der Waals surface area contributed by atoms with Gasteiger partial charge in [-0.25, -0.2) is 0 Å². The number of imidazole rings is 1. The molecular weight excluding hydrogens is 1010 g/mol. The van der Waals surface area contributed by atoms with Crippen LogP contribution in [0.1, 0.15) is 90.5 Å². The molecule has 68 heavy (non-hydrogen) atoms. The Hall–Kier alpha value is -6.55. The predicted molar refractivity (Wildman–Crippen MR) is 279 cm³/mol. The summed E-state index contributed by atoms with van der Waals surface area (Å²) >= 11 is 2.53. The van der Waals surface area contributed by atoms with Gasteiger partial charge in [0.25, 0.3) is 0 Å². The van der Waals surface area contributed by atoms with Crippen molar-refractivity contribution in [3.63, 3.8) is 0 Å². The van der Waals surface area contributed by atoms with E-state index in [-0.39, 0.29) is 16.2 Å². The van der Waals surface area contributed by atoms with E-state index in [0.717, 1.165) is 55.5 Å². The standard InChI is InChI=1S/C62H58N4O.Pt/c1-60(2,3)44-30-32-63-58(36-44)66-56-38-48(28-29-49(56)52-33-43-23-18-31-62(7,8)53(43)39-57(52)66)67-47-25-17-24-46(37-47)64-40-65(55-27-16-15-26-54(55)64)59-50(41-19-11-9-12-20-41)34-45(61(4,5)6)35-51(59)42-21-13-10-14-22-42;/h9-17,19-22,24-30,32-39H,18,23,31H2,1-8H3;. The van der Waals surface area contributed by atoms with E-state index in [1.165, 1.54) is 73.6 Å². The van der Waals surface area contributed by atoms with Crippen LogP contribution in [0.5, 0.6) is 11.5 Å². The zero-order valence-corrected chi connectivity index (χ0v) is 42.6. The molecule has 6 heteroatoms. The smallest absolute Gasteiger partial charge is 0.0558 e. The van der Waals surface area contributed by atoms with Gasteiger partial charge in [-0.05, 0) is 52.8 Å². The van der Waals surface area contributed by atoms with Crippen LogP contribution < -0.4 is 4.74 Å². The quantitative estimate of drug-likeness (QED) is 0.159. The van der Waals surface area contributed by atoms with E-state index in [0.29, 0.717) is 0 Å². The molecule has 3 aromatic heterocycles. The van der Waals surface area contributed by atoms with E-state index in [2.05, 4.69) is 252 Å². The molecule has 0 aliphatic heterocycles. The maximum absolute atomic E-state index is 6.93. The summed E-state index contributed by atoms with van der Waals surface area (Å²) in [7, 11) is 0. The summed E-state index contributed by atoms with van der Waals surface area (Å²) in [5, 5.41) is 2.46. The van der Waals surface area contributed by atoms with Crippen molar-refractivity contribution in [3.05, 3.63) is 196 Å². The van der Waals surface area contributed by atoms with Gasteiger partial charge in [0.15, 0.2) is 0 Å². The van der Waals surface area contributed by atoms with Crippen LogP contribution in [0.25, 0.3) is 72.3 Å². The van der Waals surface area contributed by atoms with Gasteiger partial charge in [-0.15, -0.1) is 0 Å². The van der Waals surface area contributed by atoms with E-state index >= 15 is 0 Å². The van der Waals surface area contributed by atoms with Crippen molar-refractivity contribution in [3.8, 4) is 50.9 Å². The van der Waals surface area contributed by atoms with E-state index in [9.17, 15) is 0 Å². The number of rotatable bonds is 7. The molecule has 1 aliphatic rings. The van der Waals surface area contributed by atoms with Crippen molar-refractivity contribution < 1.29 is 24.1 Å². The minimum Gasteiger partial charge on any atom is -0.0558 e. The molecule has 3 heterocycles. The monoisotopic (exact) mass is 1070 g/mol. The SMILES string of the molecule is CC(C)(C)c1ccnc(-n2c3cc(Oc4cccc(-n5[c](=[Pt])n(-c6c(-c7ccccc7)cc(C(C)(C)C)cc6-c6ccccc6)c6ccccc65)c4)ccc3c3cc4c(cc32)C(C)(C)CCC4)c1. The molecule has 7 aromatic carbocycles. The molecule has 0 spiro atoms. The number of fused-ring (bicyclic) bond motifs is 5. The Labute approximate surface area is 411 Å². The average molecular weight is 1070 g/mol. The molecule has 11 rings (SSSR count). The van der Waals surface area contributed by atoms with Gasteiger partial charge in [0.1, 0.15) is 0 Å². The van der Waals surface area contributed by atoms with Crippen molar-refractivity contribution in [2.45, 2.75) is 90.9 Å². The van der Waals surface area contributed by atoms with Gasteiger partial charge in [0.2, 0.25) is 0 Å². The summed E-state index contributed by atoms with van der Waals surface area (Å²) in [6.07, 6.45) is 5.47. The number of aryl methyl sites for hydroxylation is 1. The maximum atomic E-state index is 6.93. The summed E-state index contributed by atoms with van der Waals surface area (Å²) < 4.78 is 15.2. The fourth-order valence-electron chi connectivity index (χ4n) is 10.5.